The molecule has 2 aliphatic rings. The average molecular weight is 558 g/mol. The number of aliphatic imine (C=N–C) groups is 1. The van der Waals surface area contributed by atoms with E-state index in [0.29, 0.717) is 31.4 Å². The Bertz CT molecular complexity index is 923. The summed E-state index contributed by atoms with van der Waals surface area (Å²) in [5.74, 6) is 0.733. The molecule has 0 radical (unpaired) electrons. The number of nitrogens with zero attached hydrogens (tertiary/aromatic N) is 4. The van der Waals surface area contributed by atoms with E-state index in [1.54, 1.807) is 23.6 Å². The van der Waals surface area contributed by atoms with Crippen LogP contribution in [0, 0.1) is 5.82 Å². The zero-order chi connectivity index (χ0) is 20.9. The van der Waals surface area contributed by atoms with Crippen molar-refractivity contribution in [1.29, 1.82) is 0 Å². The third-order valence-electron chi connectivity index (χ3n) is 5.44. The lowest BCUT2D eigenvalue weighted by atomic mass is 10.1. The van der Waals surface area contributed by atoms with Crippen LogP contribution in [0.4, 0.5) is 10.2 Å². The van der Waals surface area contributed by atoms with Gasteiger partial charge in [-0.3, -0.25) is 4.79 Å². The van der Waals surface area contributed by atoms with E-state index in [0.717, 1.165) is 25.9 Å². The highest BCUT2D eigenvalue weighted by atomic mass is 127. The number of hydrogen-bond acceptors (Lipinski definition) is 5. The summed E-state index contributed by atoms with van der Waals surface area (Å²) in [5, 5.41) is 8.68. The smallest absolute Gasteiger partial charge is 0.244 e. The van der Waals surface area contributed by atoms with Gasteiger partial charge in [-0.05, 0) is 48.9 Å². The van der Waals surface area contributed by atoms with Gasteiger partial charge >= 0.3 is 0 Å². The highest BCUT2D eigenvalue weighted by Crippen LogP contribution is 2.24. The molecule has 10 heteroatoms. The number of guanidine groups is 1. The maximum atomic E-state index is 14.0. The van der Waals surface area contributed by atoms with Gasteiger partial charge in [-0.25, -0.2) is 14.4 Å². The predicted molar refractivity (Wildman–Crippen MR) is 133 cm³/mol. The molecule has 0 bridgehead atoms. The number of hydrogen-bond donors (Lipinski definition) is 2. The standard InChI is InChI=1S/C21H27FN6OS.HI/c1-2-23-21(25-12-19(29)27-10-6-18-15(13-27)7-11-30-18)26-16-5-9-28(14-16)20-17(22)4-3-8-24-20;/h3-4,7-8,11,16H,2,5-6,9-10,12-14H2,1H3,(H2,23,25,26);1H. The molecule has 1 atom stereocenters. The second kappa shape index (κ2) is 11.1. The lowest BCUT2D eigenvalue weighted by Crippen LogP contribution is -2.45. The van der Waals surface area contributed by atoms with Crippen LogP contribution < -0.4 is 15.5 Å². The second-order valence-corrected chi connectivity index (χ2v) is 8.51. The average Bonchev–Trinajstić information content (AvgIpc) is 3.41. The predicted octanol–water partition coefficient (Wildman–Crippen LogP) is 2.62. The number of thiophene rings is 1. The van der Waals surface area contributed by atoms with Gasteiger partial charge in [-0.1, -0.05) is 0 Å². The highest BCUT2D eigenvalue weighted by Gasteiger charge is 2.26. The van der Waals surface area contributed by atoms with Crippen molar-refractivity contribution in [2.45, 2.75) is 32.4 Å². The van der Waals surface area contributed by atoms with Gasteiger partial charge in [-0.15, -0.1) is 35.3 Å². The fourth-order valence-electron chi connectivity index (χ4n) is 3.90. The first-order valence-corrected chi connectivity index (χ1v) is 11.3. The largest absolute Gasteiger partial charge is 0.357 e. The van der Waals surface area contributed by atoms with Gasteiger partial charge in [0.25, 0.3) is 0 Å². The molecule has 31 heavy (non-hydrogen) atoms. The normalized spacial score (nSPS) is 18.4. The van der Waals surface area contributed by atoms with Crippen LogP contribution in [0.1, 0.15) is 23.8 Å². The molecule has 1 saturated heterocycles. The number of rotatable bonds is 5. The fraction of sp³-hybridized carbons (Fsp3) is 0.476. The third kappa shape index (κ3) is 5.85. The summed E-state index contributed by atoms with van der Waals surface area (Å²) >= 11 is 1.76. The van der Waals surface area contributed by atoms with Crippen LogP contribution in [0.3, 0.4) is 0 Å². The Hall–Kier alpha value is -1.95. The molecule has 1 fully saturated rings. The van der Waals surface area contributed by atoms with Gasteiger partial charge in [0, 0.05) is 49.8 Å². The molecular weight excluding hydrogens is 530 g/mol. The van der Waals surface area contributed by atoms with Gasteiger partial charge in [0.15, 0.2) is 17.6 Å². The summed E-state index contributed by atoms with van der Waals surface area (Å²) in [6.45, 7) is 5.59. The van der Waals surface area contributed by atoms with Crippen molar-refractivity contribution < 1.29 is 9.18 Å². The number of halogens is 2. The van der Waals surface area contributed by atoms with Gasteiger partial charge < -0.3 is 20.4 Å². The van der Waals surface area contributed by atoms with Crippen LogP contribution in [0.15, 0.2) is 34.8 Å². The topological polar surface area (TPSA) is 72.9 Å². The number of carbonyl (C=O) groups is 1. The molecule has 168 valence electrons. The molecule has 4 rings (SSSR count). The lowest BCUT2D eigenvalue weighted by molar-refractivity contribution is -0.130. The molecule has 4 heterocycles. The molecule has 2 aromatic rings. The molecule has 2 aromatic heterocycles. The van der Waals surface area contributed by atoms with Gasteiger partial charge in [0.1, 0.15) is 6.54 Å². The fourth-order valence-corrected chi connectivity index (χ4v) is 4.79. The Balaban J connectivity index is 0.00000272. The first-order valence-electron chi connectivity index (χ1n) is 10.4. The maximum Gasteiger partial charge on any atom is 0.244 e. The summed E-state index contributed by atoms with van der Waals surface area (Å²) in [4.78, 5) is 26.5. The Labute approximate surface area is 203 Å². The molecule has 1 unspecified atom stereocenters. The van der Waals surface area contributed by atoms with Crippen LogP contribution >= 0.6 is 35.3 Å². The van der Waals surface area contributed by atoms with Crippen molar-refractivity contribution >= 4 is 53.0 Å². The van der Waals surface area contributed by atoms with Crippen molar-refractivity contribution in [3.8, 4) is 0 Å². The van der Waals surface area contributed by atoms with Crippen molar-refractivity contribution in [1.82, 2.24) is 20.5 Å². The van der Waals surface area contributed by atoms with Crippen molar-refractivity contribution in [2.75, 3.05) is 37.6 Å². The van der Waals surface area contributed by atoms with Gasteiger partial charge in [0.2, 0.25) is 5.91 Å². The van der Waals surface area contributed by atoms with E-state index in [9.17, 15) is 9.18 Å². The quantitative estimate of drug-likeness (QED) is 0.336. The molecule has 0 saturated carbocycles. The van der Waals surface area contributed by atoms with Crippen molar-refractivity contribution in [2.24, 2.45) is 4.99 Å². The van der Waals surface area contributed by atoms with Crippen LogP contribution in [-0.2, 0) is 17.8 Å². The number of pyridine rings is 1. The van der Waals surface area contributed by atoms with E-state index < -0.39 is 0 Å². The number of amides is 1. The summed E-state index contributed by atoms with van der Waals surface area (Å²) in [5.41, 5.74) is 1.25. The number of carbonyl (C=O) groups excluding carboxylic acids is 1. The van der Waals surface area contributed by atoms with E-state index >= 15 is 0 Å². The summed E-state index contributed by atoms with van der Waals surface area (Å²) < 4.78 is 14.0. The molecule has 7 nitrogen and oxygen atoms in total. The van der Waals surface area contributed by atoms with E-state index in [1.807, 2.05) is 16.7 Å². The lowest BCUT2D eigenvalue weighted by Gasteiger charge is -2.26. The molecule has 0 aromatic carbocycles. The van der Waals surface area contributed by atoms with E-state index in [2.05, 4.69) is 32.1 Å². The van der Waals surface area contributed by atoms with Crippen LogP contribution in [0.5, 0.6) is 0 Å². The number of aromatic nitrogens is 1. The Kier molecular flexibility index (Phi) is 8.47. The van der Waals surface area contributed by atoms with E-state index in [4.69, 9.17) is 0 Å². The van der Waals surface area contributed by atoms with Crippen molar-refractivity contribution in [3.63, 3.8) is 0 Å². The van der Waals surface area contributed by atoms with Crippen LogP contribution in [0.2, 0.25) is 0 Å². The second-order valence-electron chi connectivity index (χ2n) is 7.51. The van der Waals surface area contributed by atoms with Crippen LogP contribution in [0.25, 0.3) is 0 Å². The molecule has 1 amide bonds. The summed E-state index contributed by atoms with van der Waals surface area (Å²) in [7, 11) is 0. The maximum absolute atomic E-state index is 14.0. The third-order valence-corrected chi connectivity index (χ3v) is 6.47. The molecule has 2 N–H and O–H groups in total. The SMILES string of the molecule is CCNC(=NCC(=O)N1CCc2sccc2C1)NC1CCN(c2ncccc2F)C1.I. The van der Waals surface area contributed by atoms with Gasteiger partial charge in [-0.2, -0.15) is 0 Å². The Morgan fingerprint density at radius 1 is 1.39 bits per heavy atom. The summed E-state index contributed by atoms with van der Waals surface area (Å²) in [6, 6.07) is 5.24. The number of fused-ring (bicyclic) bond motifs is 1. The molecule has 0 aliphatic carbocycles. The minimum Gasteiger partial charge on any atom is -0.357 e. The highest BCUT2D eigenvalue weighted by molar-refractivity contribution is 14.0. The van der Waals surface area contributed by atoms with E-state index in [1.165, 1.54) is 16.5 Å². The zero-order valence-electron chi connectivity index (χ0n) is 17.5. The summed E-state index contributed by atoms with van der Waals surface area (Å²) in [6.07, 6.45) is 3.38. The minimum absolute atomic E-state index is 0. The van der Waals surface area contributed by atoms with Crippen molar-refractivity contribution in [3.05, 3.63) is 46.0 Å². The molecule has 0 spiro atoms. The zero-order valence-corrected chi connectivity index (χ0v) is 20.7. The molecular formula is C21H28FIN6OS. The number of nitrogens with one attached hydrogen (secondary N) is 2. The monoisotopic (exact) mass is 558 g/mol. The first-order chi connectivity index (χ1) is 14.6. The van der Waals surface area contributed by atoms with Gasteiger partial charge in [0.05, 0.1) is 0 Å². The molecule has 2 aliphatic heterocycles. The first kappa shape index (κ1) is 23.7. The van der Waals surface area contributed by atoms with Crippen LogP contribution in [-0.4, -0.2) is 60.5 Å². The number of anilines is 1. The Morgan fingerprint density at radius 2 is 2.26 bits per heavy atom. The minimum atomic E-state index is -0.306. The Morgan fingerprint density at radius 3 is 3.06 bits per heavy atom. The van der Waals surface area contributed by atoms with E-state index in [-0.39, 0.29) is 48.3 Å².